The van der Waals surface area contributed by atoms with E-state index >= 15 is 0 Å². The molecule has 1 spiro atoms. The number of rotatable bonds is 1. The molecule has 2 aliphatic carbocycles. The lowest BCUT2D eigenvalue weighted by Crippen LogP contribution is -2.47. The smallest absolute Gasteiger partial charge is 0.156 e. The lowest BCUT2D eigenvalue weighted by molar-refractivity contribution is 0.0347. The van der Waals surface area contributed by atoms with Gasteiger partial charge in [0.15, 0.2) is 11.1 Å². The molecule has 2 saturated carbocycles. The Morgan fingerprint density at radius 1 is 1.40 bits per heavy atom. The molecular weight excluding hydrogens is 148 g/mol. The van der Waals surface area contributed by atoms with Crippen molar-refractivity contribution in [3.63, 3.8) is 0 Å². The Bertz CT molecular complexity index is 166. The van der Waals surface area contributed by atoms with Crippen molar-refractivity contribution in [1.82, 2.24) is 0 Å². The average molecular weight is 160 g/mol. The largest absolute Gasteiger partial charge is 0.306 e. The van der Waals surface area contributed by atoms with Crippen molar-refractivity contribution in [3.05, 3.63) is 0 Å². The zero-order valence-corrected chi connectivity index (χ0v) is 6.69. The van der Waals surface area contributed by atoms with Crippen LogP contribution in [0, 0.1) is 5.41 Å². The van der Waals surface area contributed by atoms with Crippen LogP contribution in [0.5, 0.6) is 0 Å². The topological polar surface area (TPSA) is 37.3 Å². The molecule has 0 amide bonds. The summed E-state index contributed by atoms with van der Waals surface area (Å²) >= 11 is -1.54. The fraction of sp³-hybridized carbons (Fsp3) is 1.00. The molecule has 10 heavy (non-hydrogen) atoms. The van der Waals surface area contributed by atoms with Gasteiger partial charge in [-0.25, -0.2) is 4.21 Å². The molecular formula is C7H12O2S. The van der Waals surface area contributed by atoms with E-state index in [1.807, 2.05) is 0 Å². The first-order valence-corrected chi connectivity index (χ1v) is 4.99. The Labute approximate surface area is 63.3 Å². The molecule has 0 aromatic carbocycles. The first-order chi connectivity index (χ1) is 4.72. The van der Waals surface area contributed by atoms with Crippen LogP contribution in [0.4, 0.5) is 0 Å². The van der Waals surface area contributed by atoms with Gasteiger partial charge in [-0.05, 0) is 31.1 Å². The van der Waals surface area contributed by atoms with Gasteiger partial charge in [0.2, 0.25) is 0 Å². The summed E-state index contributed by atoms with van der Waals surface area (Å²) in [6, 6.07) is 0. The van der Waals surface area contributed by atoms with Crippen LogP contribution in [-0.4, -0.2) is 14.0 Å². The van der Waals surface area contributed by atoms with Gasteiger partial charge in [0.1, 0.15) is 0 Å². The summed E-state index contributed by atoms with van der Waals surface area (Å²) in [6.45, 7) is 0. The second-order valence-electron chi connectivity index (χ2n) is 3.66. The first kappa shape index (κ1) is 6.80. The Balaban J connectivity index is 1.88. The number of hydrogen-bond donors (Lipinski definition) is 1. The van der Waals surface area contributed by atoms with Crippen molar-refractivity contribution >= 4 is 11.1 Å². The molecule has 1 atom stereocenters. The molecule has 58 valence electrons. The second-order valence-corrected chi connectivity index (χ2v) is 4.88. The Hall–Kier alpha value is 0.110. The van der Waals surface area contributed by atoms with Gasteiger partial charge in [0, 0.05) is 0 Å². The average Bonchev–Trinajstić information content (AvgIpc) is 1.54. The molecule has 0 bridgehead atoms. The van der Waals surface area contributed by atoms with Gasteiger partial charge in [-0.1, -0.05) is 6.42 Å². The van der Waals surface area contributed by atoms with Crippen LogP contribution in [0.15, 0.2) is 0 Å². The van der Waals surface area contributed by atoms with Gasteiger partial charge < -0.3 is 4.55 Å². The third-order valence-electron chi connectivity index (χ3n) is 3.02. The predicted octanol–water partition coefficient (Wildman–Crippen LogP) is 1.54. The molecule has 0 aliphatic heterocycles. The second kappa shape index (κ2) is 2.05. The first-order valence-electron chi connectivity index (χ1n) is 3.82. The van der Waals surface area contributed by atoms with E-state index < -0.39 is 11.1 Å². The van der Waals surface area contributed by atoms with Crippen molar-refractivity contribution in [2.45, 2.75) is 37.4 Å². The minimum Gasteiger partial charge on any atom is -0.306 e. The van der Waals surface area contributed by atoms with Gasteiger partial charge in [0.25, 0.3) is 0 Å². The lowest BCUT2D eigenvalue weighted by atomic mass is 9.56. The zero-order chi connectivity index (χ0) is 7.19. The summed E-state index contributed by atoms with van der Waals surface area (Å²) in [6.07, 6.45) is 5.97. The van der Waals surface area contributed by atoms with Crippen molar-refractivity contribution < 1.29 is 8.76 Å². The molecule has 0 aromatic heterocycles. The Morgan fingerprint density at radius 2 is 2.00 bits per heavy atom. The monoisotopic (exact) mass is 160 g/mol. The van der Waals surface area contributed by atoms with Crippen molar-refractivity contribution in [2.24, 2.45) is 5.41 Å². The van der Waals surface area contributed by atoms with E-state index in [0.29, 0.717) is 5.41 Å². The minimum atomic E-state index is -1.54. The van der Waals surface area contributed by atoms with E-state index in [0.717, 1.165) is 12.8 Å². The molecule has 0 heterocycles. The molecule has 0 saturated heterocycles. The predicted molar refractivity (Wildman–Crippen MR) is 40.1 cm³/mol. The molecule has 1 unspecified atom stereocenters. The van der Waals surface area contributed by atoms with E-state index in [4.69, 9.17) is 4.55 Å². The van der Waals surface area contributed by atoms with Crippen LogP contribution in [0.25, 0.3) is 0 Å². The van der Waals surface area contributed by atoms with Crippen molar-refractivity contribution in [2.75, 3.05) is 0 Å². The van der Waals surface area contributed by atoms with E-state index in [1.54, 1.807) is 0 Å². The summed E-state index contributed by atoms with van der Waals surface area (Å²) in [7, 11) is 0. The van der Waals surface area contributed by atoms with Gasteiger partial charge in [0.05, 0.1) is 5.25 Å². The van der Waals surface area contributed by atoms with E-state index in [1.165, 1.54) is 19.3 Å². The molecule has 2 nitrogen and oxygen atoms in total. The molecule has 0 radical (unpaired) electrons. The summed E-state index contributed by atoms with van der Waals surface area (Å²) in [5, 5.41) is 0.111. The number of hydrogen-bond acceptors (Lipinski definition) is 1. The minimum absolute atomic E-state index is 0.111. The van der Waals surface area contributed by atoms with Gasteiger partial charge >= 0.3 is 0 Å². The molecule has 1 N–H and O–H groups in total. The highest BCUT2D eigenvalue weighted by molar-refractivity contribution is 7.79. The SMILES string of the molecule is O=S(O)C1CC2(CCC2)C1. The molecule has 3 heteroatoms. The van der Waals surface area contributed by atoms with Crippen LogP contribution in [-0.2, 0) is 11.1 Å². The van der Waals surface area contributed by atoms with Crippen LogP contribution < -0.4 is 0 Å². The van der Waals surface area contributed by atoms with Crippen LogP contribution in [0.2, 0.25) is 0 Å². The molecule has 0 aromatic rings. The fourth-order valence-corrected chi connectivity index (χ4v) is 3.13. The standard InChI is InChI=1S/C7H12O2S/c8-10(9)6-4-7(5-6)2-1-3-7/h6H,1-5H2,(H,8,9). The maximum Gasteiger partial charge on any atom is 0.156 e. The van der Waals surface area contributed by atoms with E-state index in [-0.39, 0.29) is 5.25 Å². The maximum atomic E-state index is 10.5. The lowest BCUT2D eigenvalue weighted by Gasteiger charge is -2.52. The van der Waals surface area contributed by atoms with Gasteiger partial charge in [-0.3, -0.25) is 0 Å². The zero-order valence-electron chi connectivity index (χ0n) is 5.88. The van der Waals surface area contributed by atoms with Gasteiger partial charge in [-0.2, -0.15) is 0 Å². The van der Waals surface area contributed by atoms with Crippen molar-refractivity contribution in [3.8, 4) is 0 Å². The summed E-state index contributed by atoms with van der Waals surface area (Å²) in [4.78, 5) is 0. The summed E-state index contributed by atoms with van der Waals surface area (Å²) in [5.74, 6) is 0. The summed E-state index contributed by atoms with van der Waals surface area (Å²) in [5.41, 5.74) is 0.545. The van der Waals surface area contributed by atoms with E-state index in [2.05, 4.69) is 0 Å². The summed E-state index contributed by atoms with van der Waals surface area (Å²) < 4.78 is 19.2. The Morgan fingerprint density at radius 3 is 2.30 bits per heavy atom. The Kier molecular flexibility index (Phi) is 1.39. The van der Waals surface area contributed by atoms with Crippen molar-refractivity contribution in [1.29, 1.82) is 0 Å². The quantitative estimate of drug-likeness (QED) is 0.591. The maximum absolute atomic E-state index is 10.5. The van der Waals surface area contributed by atoms with Crippen LogP contribution in [0.1, 0.15) is 32.1 Å². The van der Waals surface area contributed by atoms with E-state index in [9.17, 15) is 4.21 Å². The molecule has 2 rings (SSSR count). The normalized spacial score (nSPS) is 32.9. The molecule has 2 fully saturated rings. The highest BCUT2D eigenvalue weighted by atomic mass is 32.2. The highest BCUT2D eigenvalue weighted by Gasteiger charge is 2.50. The third-order valence-corrected chi connectivity index (χ3v) is 3.92. The van der Waals surface area contributed by atoms with Crippen LogP contribution >= 0.6 is 0 Å². The highest BCUT2D eigenvalue weighted by Crippen LogP contribution is 2.56. The molecule has 2 aliphatic rings. The van der Waals surface area contributed by atoms with Gasteiger partial charge in [-0.15, -0.1) is 0 Å². The van der Waals surface area contributed by atoms with Crippen LogP contribution in [0.3, 0.4) is 0 Å². The third kappa shape index (κ3) is 0.839. The fourth-order valence-electron chi connectivity index (χ4n) is 2.13.